The molecule has 2 fully saturated rings. The largest absolute Gasteiger partial charge is 0.393 e. The predicted octanol–water partition coefficient (Wildman–Crippen LogP) is 1.44. The van der Waals surface area contributed by atoms with Crippen molar-refractivity contribution in [1.29, 1.82) is 0 Å². The van der Waals surface area contributed by atoms with E-state index >= 15 is 0 Å². The topological polar surface area (TPSA) is 81.8 Å². The highest BCUT2D eigenvalue weighted by atomic mass is 16.3. The molecular weight excluding hydrogens is 316 g/mol. The van der Waals surface area contributed by atoms with Crippen LogP contribution in [-0.4, -0.2) is 59.6 Å². The second-order valence-electron chi connectivity index (χ2n) is 8.37. The van der Waals surface area contributed by atoms with E-state index in [2.05, 4.69) is 49.7 Å². The third-order valence-corrected chi connectivity index (χ3v) is 6.62. The normalized spacial score (nSPS) is 33.8. The molecule has 2 heterocycles. The van der Waals surface area contributed by atoms with Gasteiger partial charge in [-0.15, -0.1) is 0 Å². The van der Waals surface area contributed by atoms with Crippen LogP contribution in [0.1, 0.15) is 44.9 Å². The van der Waals surface area contributed by atoms with Crippen molar-refractivity contribution < 1.29 is 5.11 Å². The van der Waals surface area contributed by atoms with Crippen LogP contribution in [0, 0.1) is 11.8 Å². The Morgan fingerprint density at radius 3 is 2.40 bits per heavy atom. The first kappa shape index (κ1) is 16.8. The molecule has 3 aliphatic rings. The Labute approximate surface area is 149 Å². The van der Waals surface area contributed by atoms with Crippen molar-refractivity contribution in [2.24, 2.45) is 11.8 Å². The van der Waals surface area contributed by atoms with Crippen molar-refractivity contribution in [3.05, 3.63) is 5.82 Å². The molecule has 2 saturated carbocycles. The fourth-order valence-electron chi connectivity index (χ4n) is 5.09. The van der Waals surface area contributed by atoms with E-state index < -0.39 is 0 Å². The molecule has 3 N–H and O–H groups in total. The molecule has 7 heteroatoms. The summed E-state index contributed by atoms with van der Waals surface area (Å²) in [5.74, 6) is 3.60. The molecule has 1 aromatic heterocycles. The molecule has 138 valence electrons. The zero-order chi connectivity index (χ0) is 18.0. The summed E-state index contributed by atoms with van der Waals surface area (Å²) in [6.45, 7) is 4.37. The van der Waals surface area contributed by atoms with Crippen molar-refractivity contribution in [2.45, 2.75) is 57.5 Å². The summed E-state index contributed by atoms with van der Waals surface area (Å²) in [5.41, 5.74) is 7.29. The van der Waals surface area contributed by atoms with E-state index in [4.69, 9.17) is 15.7 Å². The highest BCUT2D eigenvalue weighted by Crippen LogP contribution is 2.53. The molecule has 0 spiro atoms. The van der Waals surface area contributed by atoms with Gasteiger partial charge in [-0.1, -0.05) is 0 Å². The minimum absolute atomic E-state index is 0.0868. The smallest absolute Gasteiger partial charge is 0.161 e. The molecule has 1 aromatic rings. The van der Waals surface area contributed by atoms with Crippen LogP contribution in [0.4, 0.5) is 17.3 Å². The molecular formula is C18H30N6O. The van der Waals surface area contributed by atoms with Gasteiger partial charge in [-0.25, -0.2) is 9.97 Å². The highest BCUT2D eigenvalue weighted by Gasteiger charge is 2.48. The van der Waals surface area contributed by atoms with Crippen LogP contribution in [0.5, 0.6) is 0 Å². The zero-order valence-corrected chi connectivity index (χ0v) is 15.8. The van der Waals surface area contributed by atoms with Gasteiger partial charge in [0.1, 0.15) is 11.5 Å². The molecule has 1 aliphatic heterocycles. The first-order valence-corrected chi connectivity index (χ1v) is 9.32. The summed E-state index contributed by atoms with van der Waals surface area (Å²) < 4.78 is 0. The third kappa shape index (κ3) is 2.39. The molecule has 5 atom stereocenters. The molecule has 0 saturated heterocycles. The van der Waals surface area contributed by atoms with Gasteiger partial charge < -0.3 is 20.6 Å². The maximum absolute atomic E-state index is 10.0. The number of rotatable bonds is 3. The van der Waals surface area contributed by atoms with Crippen LogP contribution in [0.2, 0.25) is 0 Å². The summed E-state index contributed by atoms with van der Waals surface area (Å²) in [7, 11) is 6.25. The van der Waals surface area contributed by atoms with Crippen LogP contribution >= 0.6 is 0 Å². The van der Waals surface area contributed by atoms with Crippen molar-refractivity contribution in [3.63, 3.8) is 0 Å². The lowest BCUT2D eigenvalue weighted by atomic mass is 9.86. The number of aromatic nitrogens is 2. The Morgan fingerprint density at radius 2 is 1.84 bits per heavy atom. The summed E-state index contributed by atoms with van der Waals surface area (Å²) in [6, 6.07) is 0.407. The van der Waals surface area contributed by atoms with Gasteiger partial charge in [0.15, 0.2) is 17.9 Å². The molecule has 7 nitrogen and oxygen atoms in total. The van der Waals surface area contributed by atoms with Crippen LogP contribution < -0.4 is 15.5 Å². The van der Waals surface area contributed by atoms with E-state index in [0.717, 1.165) is 36.6 Å². The minimum atomic E-state index is -0.133. The van der Waals surface area contributed by atoms with Crippen molar-refractivity contribution >= 4 is 17.3 Å². The summed E-state index contributed by atoms with van der Waals surface area (Å²) in [5, 5.41) is 10.0. The van der Waals surface area contributed by atoms with Gasteiger partial charge in [-0.3, -0.25) is 4.90 Å². The summed E-state index contributed by atoms with van der Waals surface area (Å²) in [6.07, 6.45) is 2.92. The fourth-order valence-corrected chi connectivity index (χ4v) is 5.09. The van der Waals surface area contributed by atoms with Gasteiger partial charge in [0.2, 0.25) is 0 Å². The average Bonchev–Trinajstić information content (AvgIpc) is 3.19. The maximum atomic E-state index is 10.0. The molecule has 0 radical (unpaired) electrons. The number of hydrogen-bond acceptors (Lipinski definition) is 7. The third-order valence-electron chi connectivity index (χ3n) is 6.62. The number of fused-ring (bicyclic) bond motifs is 3. The van der Waals surface area contributed by atoms with E-state index in [-0.39, 0.29) is 12.4 Å². The number of aliphatic hydroxyl groups excluding tert-OH is 1. The first-order chi connectivity index (χ1) is 11.8. The molecule has 25 heavy (non-hydrogen) atoms. The molecule has 5 unspecified atom stereocenters. The van der Waals surface area contributed by atoms with Crippen LogP contribution in [0.15, 0.2) is 0 Å². The Bertz CT molecular complexity index is 678. The molecule has 0 aromatic carbocycles. The zero-order valence-electron chi connectivity index (χ0n) is 15.8. The van der Waals surface area contributed by atoms with Crippen molar-refractivity contribution in [2.75, 3.05) is 36.7 Å². The highest BCUT2D eigenvalue weighted by molar-refractivity contribution is 5.82. The average molecular weight is 346 g/mol. The quantitative estimate of drug-likeness (QED) is 0.857. The number of aliphatic hydroxyl groups is 1. The van der Waals surface area contributed by atoms with E-state index in [9.17, 15) is 5.11 Å². The van der Waals surface area contributed by atoms with Gasteiger partial charge in [-0.2, -0.15) is 0 Å². The van der Waals surface area contributed by atoms with Gasteiger partial charge in [0.05, 0.1) is 6.10 Å². The van der Waals surface area contributed by atoms with Gasteiger partial charge in [-0.05, 0) is 52.0 Å². The van der Waals surface area contributed by atoms with Gasteiger partial charge in [0.25, 0.3) is 0 Å². The minimum Gasteiger partial charge on any atom is -0.393 e. The van der Waals surface area contributed by atoms with Gasteiger partial charge >= 0.3 is 0 Å². The Morgan fingerprint density at radius 1 is 1.12 bits per heavy atom. The number of hydrogen-bond donors (Lipinski definition) is 2. The SMILES string of the molecule is CC(C)N(C)C1N(C)c2nc(C3CC4CC3CC4O)nc(N)c2N1C. The van der Waals surface area contributed by atoms with Crippen LogP contribution in [0.25, 0.3) is 0 Å². The summed E-state index contributed by atoms with van der Waals surface area (Å²) >= 11 is 0. The standard InChI is InChI=1S/C18H30N6O/c1-9(2)22(3)18-23(4)14-15(19)20-16(21-17(14)24(18)5)12-7-11-6-10(12)8-13(11)25/h9-13,18,25H,6-8H2,1-5H3,(H2,19,20,21). The number of anilines is 3. The lowest BCUT2D eigenvalue weighted by Crippen LogP contribution is -2.53. The van der Waals surface area contributed by atoms with Gasteiger partial charge in [0, 0.05) is 26.1 Å². The monoisotopic (exact) mass is 346 g/mol. The Kier molecular flexibility index (Phi) is 3.85. The summed E-state index contributed by atoms with van der Waals surface area (Å²) in [4.78, 5) is 16.3. The Balaban J connectivity index is 1.68. The van der Waals surface area contributed by atoms with Crippen molar-refractivity contribution in [3.8, 4) is 0 Å². The first-order valence-electron chi connectivity index (χ1n) is 9.32. The second-order valence-corrected chi connectivity index (χ2v) is 8.37. The van der Waals surface area contributed by atoms with E-state index in [1.54, 1.807) is 0 Å². The van der Waals surface area contributed by atoms with E-state index in [0.29, 0.717) is 29.6 Å². The number of nitrogen functional groups attached to an aromatic ring is 1. The Hall–Kier alpha value is -1.60. The lowest BCUT2D eigenvalue weighted by Gasteiger charge is -2.37. The lowest BCUT2D eigenvalue weighted by molar-refractivity contribution is 0.106. The van der Waals surface area contributed by atoms with Crippen LogP contribution in [0.3, 0.4) is 0 Å². The number of nitrogens with zero attached hydrogens (tertiary/aromatic N) is 5. The van der Waals surface area contributed by atoms with E-state index in [1.165, 1.54) is 0 Å². The number of nitrogens with two attached hydrogens (primary N) is 1. The molecule has 2 bridgehead atoms. The maximum Gasteiger partial charge on any atom is 0.161 e. The molecule has 4 rings (SSSR count). The van der Waals surface area contributed by atoms with E-state index in [1.807, 2.05) is 0 Å². The molecule has 0 amide bonds. The van der Waals surface area contributed by atoms with Crippen LogP contribution in [-0.2, 0) is 0 Å². The molecule has 2 aliphatic carbocycles. The van der Waals surface area contributed by atoms with Crippen molar-refractivity contribution in [1.82, 2.24) is 14.9 Å². The fraction of sp³-hybridized carbons (Fsp3) is 0.778. The predicted molar refractivity (Wildman–Crippen MR) is 99.5 cm³/mol. The second kappa shape index (κ2) is 5.71.